The van der Waals surface area contributed by atoms with Crippen LogP contribution >= 0.6 is 11.6 Å². The monoisotopic (exact) mass is 345 g/mol. The maximum atomic E-state index is 13.8. The number of halogens is 2. The van der Waals surface area contributed by atoms with Crippen molar-refractivity contribution in [1.29, 1.82) is 0 Å². The molecule has 0 saturated heterocycles. The van der Waals surface area contributed by atoms with Crippen molar-refractivity contribution in [3.8, 4) is 5.88 Å². The molecule has 0 radical (unpaired) electrons. The van der Waals surface area contributed by atoms with Crippen LogP contribution in [0.2, 0.25) is 5.02 Å². The van der Waals surface area contributed by atoms with Crippen LogP contribution in [-0.4, -0.2) is 31.2 Å². The Balaban J connectivity index is 1.43. The maximum Gasteiger partial charge on any atom is 0.215 e. The van der Waals surface area contributed by atoms with E-state index in [1.165, 1.54) is 17.2 Å². The highest BCUT2D eigenvalue weighted by molar-refractivity contribution is 6.30. The van der Waals surface area contributed by atoms with E-state index < -0.39 is 0 Å². The predicted molar refractivity (Wildman–Crippen MR) is 92.1 cm³/mol. The Morgan fingerprint density at radius 1 is 1.17 bits per heavy atom. The van der Waals surface area contributed by atoms with Crippen molar-refractivity contribution in [2.24, 2.45) is 0 Å². The second kappa shape index (κ2) is 6.42. The van der Waals surface area contributed by atoms with Gasteiger partial charge in [-0.05, 0) is 29.3 Å². The van der Waals surface area contributed by atoms with Gasteiger partial charge in [-0.3, -0.25) is 0 Å². The summed E-state index contributed by atoms with van der Waals surface area (Å²) in [7, 11) is 0. The van der Waals surface area contributed by atoms with Gasteiger partial charge in [-0.15, -0.1) is 0 Å². The average molecular weight is 346 g/mol. The summed E-state index contributed by atoms with van der Waals surface area (Å²) in [6.07, 6.45) is 0. The zero-order valence-corrected chi connectivity index (χ0v) is 13.8. The fourth-order valence-electron chi connectivity index (χ4n) is 3.08. The van der Waals surface area contributed by atoms with Crippen molar-refractivity contribution in [3.05, 3.63) is 63.9 Å². The summed E-state index contributed by atoms with van der Waals surface area (Å²) in [5, 5.41) is 3.74. The first-order valence-electron chi connectivity index (χ1n) is 7.88. The molecule has 4 nitrogen and oxygen atoms in total. The molecule has 2 aromatic rings. The normalized spacial score (nSPS) is 16.7. The standard InChI is InChI=1S/C18H17ClFN3O/c19-15-5-4-12(16(20)6-15)11-24-18-3-1-2-17(22-18)23-9-13-7-21-8-14(13)10-23/h1-6,21H,7-11H2. The lowest BCUT2D eigenvalue weighted by atomic mass is 10.2. The molecule has 2 aliphatic rings. The third-order valence-corrected chi connectivity index (χ3v) is 4.60. The van der Waals surface area contributed by atoms with Crippen LogP contribution in [0, 0.1) is 5.82 Å². The number of aromatic nitrogens is 1. The van der Waals surface area contributed by atoms with Crippen LogP contribution in [0.4, 0.5) is 10.2 Å². The Morgan fingerprint density at radius 2 is 1.96 bits per heavy atom. The van der Waals surface area contributed by atoms with Gasteiger partial charge in [-0.1, -0.05) is 23.7 Å². The molecule has 0 fully saturated rings. The van der Waals surface area contributed by atoms with E-state index in [0.717, 1.165) is 32.0 Å². The molecule has 124 valence electrons. The number of ether oxygens (including phenoxy) is 1. The van der Waals surface area contributed by atoms with Crippen molar-refractivity contribution in [1.82, 2.24) is 10.3 Å². The van der Waals surface area contributed by atoms with Crippen LogP contribution in [0.25, 0.3) is 0 Å². The lowest BCUT2D eigenvalue weighted by molar-refractivity contribution is 0.288. The largest absolute Gasteiger partial charge is 0.473 e. The molecule has 1 N–H and O–H groups in total. The second-order valence-electron chi connectivity index (χ2n) is 6.03. The molecule has 4 rings (SSSR count). The highest BCUT2D eigenvalue weighted by Crippen LogP contribution is 2.26. The Hall–Kier alpha value is -2.11. The van der Waals surface area contributed by atoms with Crippen molar-refractivity contribution >= 4 is 17.4 Å². The average Bonchev–Trinajstić information content (AvgIpc) is 3.16. The Labute approximate surface area is 144 Å². The van der Waals surface area contributed by atoms with Crippen LogP contribution in [-0.2, 0) is 6.61 Å². The van der Waals surface area contributed by atoms with Gasteiger partial charge in [0.05, 0.1) is 0 Å². The number of nitrogens with one attached hydrogen (secondary N) is 1. The molecule has 0 aliphatic carbocycles. The summed E-state index contributed by atoms with van der Waals surface area (Å²) in [5.74, 6) is 1.01. The molecule has 1 aromatic carbocycles. The van der Waals surface area contributed by atoms with Gasteiger partial charge in [-0.25, -0.2) is 4.39 Å². The third kappa shape index (κ3) is 3.09. The summed E-state index contributed by atoms with van der Waals surface area (Å²) < 4.78 is 19.5. The molecule has 24 heavy (non-hydrogen) atoms. The van der Waals surface area contributed by atoms with E-state index in [0.29, 0.717) is 16.5 Å². The quantitative estimate of drug-likeness (QED) is 0.864. The van der Waals surface area contributed by atoms with Gasteiger partial charge in [-0.2, -0.15) is 4.98 Å². The first kappa shape index (κ1) is 15.4. The van der Waals surface area contributed by atoms with Crippen LogP contribution in [0.15, 0.2) is 47.5 Å². The Bertz CT molecular complexity index is 793. The summed E-state index contributed by atoms with van der Waals surface area (Å²) in [6, 6.07) is 10.2. The van der Waals surface area contributed by atoms with Crippen molar-refractivity contribution in [2.45, 2.75) is 6.61 Å². The van der Waals surface area contributed by atoms with Gasteiger partial charge >= 0.3 is 0 Å². The van der Waals surface area contributed by atoms with Gasteiger partial charge < -0.3 is 15.0 Å². The van der Waals surface area contributed by atoms with Crippen molar-refractivity contribution < 1.29 is 9.13 Å². The topological polar surface area (TPSA) is 37.4 Å². The molecule has 1 aromatic heterocycles. The highest BCUT2D eigenvalue weighted by Gasteiger charge is 2.26. The van der Waals surface area contributed by atoms with Crippen molar-refractivity contribution in [3.63, 3.8) is 0 Å². The van der Waals surface area contributed by atoms with Gasteiger partial charge in [0.2, 0.25) is 5.88 Å². The summed E-state index contributed by atoms with van der Waals surface area (Å²) in [5.41, 5.74) is 3.39. The van der Waals surface area contributed by atoms with Crippen LogP contribution in [0.5, 0.6) is 5.88 Å². The van der Waals surface area contributed by atoms with Gasteiger partial charge in [0, 0.05) is 42.8 Å². The Kier molecular flexibility index (Phi) is 4.12. The van der Waals surface area contributed by atoms with E-state index in [1.54, 1.807) is 18.2 Å². The SMILES string of the molecule is Fc1cc(Cl)ccc1COc1cccc(N2CC3=C(CNC3)C2)n1. The lowest BCUT2D eigenvalue weighted by Gasteiger charge is -2.20. The number of benzene rings is 1. The minimum absolute atomic E-state index is 0.123. The summed E-state index contributed by atoms with van der Waals surface area (Å²) >= 11 is 5.76. The Morgan fingerprint density at radius 3 is 2.71 bits per heavy atom. The predicted octanol–water partition coefficient (Wildman–Crippen LogP) is 3.17. The van der Waals surface area contributed by atoms with Gasteiger partial charge in [0.1, 0.15) is 18.2 Å². The number of hydrogen-bond donors (Lipinski definition) is 1. The second-order valence-corrected chi connectivity index (χ2v) is 6.46. The van der Waals surface area contributed by atoms with Gasteiger partial charge in [0.15, 0.2) is 0 Å². The molecule has 0 unspecified atom stereocenters. The fraction of sp³-hybridized carbons (Fsp3) is 0.278. The molecule has 2 aliphatic heterocycles. The highest BCUT2D eigenvalue weighted by atomic mass is 35.5. The fourth-order valence-corrected chi connectivity index (χ4v) is 3.24. The molecule has 0 spiro atoms. The molecular formula is C18H17ClFN3O. The first-order valence-corrected chi connectivity index (χ1v) is 8.26. The summed E-state index contributed by atoms with van der Waals surface area (Å²) in [6.45, 7) is 3.88. The van der Waals surface area contributed by atoms with E-state index in [1.807, 2.05) is 12.1 Å². The molecule has 0 amide bonds. The minimum atomic E-state index is -0.369. The van der Waals surface area contributed by atoms with Gasteiger partial charge in [0.25, 0.3) is 0 Å². The number of hydrogen-bond acceptors (Lipinski definition) is 4. The molecular weight excluding hydrogens is 329 g/mol. The zero-order chi connectivity index (χ0) is 16.5. The van der Waals surface area contributed by atoms with E-state index in [2.05, 4.69) is 15.2 Å². The zero-order valence-electron chi connectivity index (χ0n) is 13.1. The van der Waals surface area contributed by atoms with Crippen molar-refractivity contribution in [2.75, 3.05) is 31.1 Å². The molecule has 0 atom stereocenters. The van der Waals surface area contributed by atoms with E-state index in [-0.39, 0.29) is 12.4 Å². The molecule has 0 saturated carbocycles. The van der Waals surface area contributed by atoms with Crippen LogP contribution in [0.3, 0.4) is 0 Å². The number of rotatable bonds is 4. The van der Waals surface area contributed by atoms with E-state index >= 15 is 0 Å². The van der Waals surface area contributed by atoms with Crippen LogP contribution < -0.4 is 15.0 Å². The number of anilines is 1. The molecule has 0 bridgehead atoms. The third-order valence-electron chi connectivity index (χ3n) is 4.36. The van der Waals surface area contributed by atoms with Crippen LogP contribution in [0.1, 0.15) is 5.56 Å². The van der Waals surface area contributed by atoms with E-state index in [9.17, 15) is 4.39 Å². The molecule has 6 heteroatoms. The molecule has 3 heterocycles. The summed E-state index contributed by atoms with van der Waals surface area (Å²) in [4.78, 5) is 6.79. The first-order chi connectivity index (χ1) is 11.7. The minimum Gasteiger partial charge on any atom is -0.473 e. The lowest BCUT2D eigenvalue weighted by Crippen LogP contribution is -2.27. The smallest absolute Gasteiger partial charge is 0.215 e. The number of nitrogens with zero attached hydrogens (tertiary/aromatic N) is 2. The maximum absolute atomic E-state index is 13.8. The van der Waals surface area contributed by atoms with E-state index in [4.69, 9.17) is 16.3 Å². The number of pyridine rings is 1.